The van der Waals surface area contributed by atoms with Gasteiger partial charge in [-0.25, -0.2) is 0 Å². The molecule has 0 aliphatic heterocycles. The second-order valence-electron chi connectivity index (χ2n) is 4.27. The lowest BCUT2D eigenvalue weighted by atomic mass is 10.2. The van der Waals surface area contributed by atoms with Crippen LogP contribution in [0, 0.1) is 4.77 Å². The maximum Gasteiger partial charge on any atom is 0.262 e. The number of aromatic amines is 1. The fourth-order valence-corrected chi connectivity index (χ4v) is 2.19. The van der Waals surface area contributed by atoms with Crippen molar-refractivity contribution in [3.05, 3.63) is 39.4 Å². The van der Waals surface area contributed by atoms with Gasteiger partial charge in [-0.2, -0.15) is 0 Å². The van der Waals surface area contributed by atoms with Gasteiger partial charge in [-0.1, -0.05) is 12.1 Å². The normalized spacial score (nSPS) is 10.6. The number of carbonyl (C=O) groups is 1. The molecule has 0 atom stereocenters. The number of aromatic nitrogens is 2. The van der Waals surface area contributed by atoms with Gasteiger partial charge in [0, 0.05) is 20.0 Å². The zero-order chi connectivity index (χ0) is 13.8. The summed E-state index contributed by atoms with van der Waals surface area (Å²) in [5, 5.41) is 3.31. The summed E-state index contributed by atoms with van der Waals surface area (Å²) >= 11 is 5.19. The molecule has 2 rings (SSSR count). The lowest BCUT2D eigenvalue weighted by Crippen LogP contribution is -2.26. The van der Waals surface area contributed by atoms with Crippen molar-refractivity contribution in [1.82, 2.24) is 14.9 Å². The summed E-state index contributed by atoms with van der Waals surface area (Å²) in [6.07, 6.45) is 0.662. The highest BCUT2D eigenvalue weighted by Crippen LogP contribution is 2.05. The molecular weight excluding hydrogens is 262 g/mol. The van der Waals surface area contributed by atoms with E-state index in [0.29, 0.717) is 29.7 Å². The van der Waals surface area contributed by atoms with Gasteiger partial charge in [-0.05, 0) is 30.8 Å². The minimum atomic E-state index is -0.0952. The van der Waals surface area contributed by atoms with Crippen LogP contribution in [0.4, 0.5) is 0 Å². The van der Waals surface area contributed by atoms with Gasteiger partial charge in [0.05, 0.1) is 10.9 Å². The molecular formula is C13H15N3O2S. The molecule has 2 N–H and O–H groups in total. The number of hydrogen-bond donors (Lipinski definition) is 2. The van der Waals surface area contributed by atoms with Crippen molar-refractivity contribution in [1.29, 1.82) is 0 Å². The van der Waals surface area contributed by atoms with Crippen LogP contribution in [-0.2, 0) is 11.3 Å². The molecule has 19 heavy (non-hydrogen) atoms. The zero-order valence-corrected chi connectivity index (χ0v) is 11.4. The van der Waals surface area contributed by atoms with Gasteiger partial charge >= 0.3 is 0 Å². The number of rotatable bonds is 4. The number of benzene rings is 1. The van der Waals surface area contributed by atoms with E-state index in [1.807, 2.05) is 18.2 Å². The van der Waals surface area contributed by atoms with Crippen LogP contribution in [0.1, 0.15) is 13.3 Å². The Bertz CT molecular complexity index is 718. The van der Waals surface area contributed by atoms with Crippen molar-refractivity contribution in [3.63, 3.8) is 0 Å². The zero-order valence-electron chi connectivity index (χ0n) is 10.6. The van der Waals surface area contributed by atoms with Gasteiger partial charge in [0.25, 0.3) is 5.56 Å². The van der Waals surface area contributed by atoms with Crippen molar-refractivity contribution >= 4 is 29.0 Å². The Hall–Kier alpha value is -1.95. The third kappa shape index (κ3) is 3.08. The van der Waals surface area contributed by atoms with E-state index in [1.165, 1.54) is 11.5 Å². The van der Waals surface area contributed by atoms with E-state index in [-0.39, 0.29) is 11.5 Å². The molecule has 0 saturated heterocycles. The molecule has 1 aromatic heterocycles. The van der Waals surface area contributed by atoms with Gasteiger partial charge < -0.3 is 10.3 Å². The molecule has 0 unspecified atom stereocenters. The van der Waals surface area contributed by atoms with Crippen LogP contribution in [-0.4, -0.2) is 22.0 Å². The first-order chi connectivity index (χ1) is 9.09. The summed E-state index contributed by atoms with van der Waals surface area (Å²) in [5.74, 6) is -0.0731. The van der Waals surface area contributed by atoms with E-state index in [1.54, 1.807) is 6.07 Å². The number of fused-ring (bicyclic) bond motifs is 1. The molecule has 2 aromatic rings. The van der Waals surface area contributed by atoms with E-state index >= 15 is 0 Å². The van der Waals surface area contributed by atoms with Crippen molar-refractivity contribution in [2.24, 2.45) is 0 Å². The van der Waals surface area contributed by atoms with Crippen molar-refractivity contribution in [3.8, 4) is 0 Å². The number of para-hydroxylation sites is 1. The summed E-state index contributed by atoms with van der Waals surface area (Å²) in [4.78, 5) is 26.1. The standard InChI is InChI=1S/C13H15N3O2S/c1-9(17)14-7-4-8-16-12(18)10-5-2-3-6-11(10)15-13(16)19/h2-3,5-6H,4,7-8H2,1H3,(H,14,17)(H,15,19). The van der Waals surface area contributed by atoms with Gasteiger partial charge in [0.1, 0.15) is 0 Å². The monoisotopic (exact) mass is 277 g/mol. The lowest BCUT2D eigenvalue weighted by Gasteiger charge is -2.08. The molecule has 0 aliphatic rings. The predicted octanol–water partition coefficient (Wildman–Crippen LogP) is 1.59. The maximum absolute atomic E-state index is 12.3. The number of amides is 1. The van der Waals surface area contributed by atoms with Gasteiger partial charge in [0.15, 0.2) is 4.77 Å². The maximum atomic E-state index is 12.3. The lowest BCUT2D eigenvalue weighted by molar-refractivity contribution is -0.118. The molecule has 1 amide bonds. The first-order valence-corrected chi connectivity index (χ1v) is 6.46. The molecule has 0 fully saturated rings. The number of nitrogens with one attached hydrogen (secondary N) is 2. The topological polar surface area (TPSA) is 66.9 Å². The Kier molecular flexibility index (Phi) is 4.11. The van der Waals surface area contributed by atoms with E-state index < -0.39 is 0 Å². The minimum absolute atomic E-state index is 0.0731. The highest BCUT2D eigenvalue weighted by molar-refractivity contribution is 7.71. The first kappa shape index (κ1) is 13.5. The van der Waals surface area contributed by atoms with Crippen LogP contribution >= 0.6 is 12.2 Å². The van der Waals surface area contributed by atoms with Crippen LogP contribution in [0.3, 0.4) is 0 Å². The van der Waals surface area contributed by atoms with Crippen LogP contribution in [0.5, 0.6) is 0 Å². The minimum Gasteiger partial charge on any atom is -0.356 e. The van der Waals surface area contributed by atoms with E-state index in [9.17, 15) is 9.59 Å². The van der Waals surface area contributed by atoms with Gasteiger partial charge in [-0.15, -0.1) is 0 Å². The first-order valence-electron chi connectivity index (χ1n) is 6.06. The van der Waals surface area contributed by atoms with Gasteiger partial charge in [0.2, 0.25) is 5.91 Å². The Morgan fingerprint density at radius 2 is 2.16 bits per heavy atom. The second-order valence-corrected chi connectivity index (χ2v) is 4.66. The number of nitrogens with zero attached hydrogens (tertiary/aromatic N) is 1. The highest BCUT2D eigenvalue weighted by atomic mass is 32.1. The highest BCUT2D eigenvalue weighted by Gasteiger charge is 2.04. The average molecular weight is 277 g/mol. The summed E-state index contributed by atoms with van der Waals surface area (Å²) < 4.78 is 1.94. The predicted molar refractivity (Wildman–Crippen MR) is 76.7 cm³/mol. The smallest absolute Gasteiger partial charge is 0.262 e. The number of carbonyl (C=O) groups excluding carboxylic acids is 1. The third-order valence-corrected chi connectivity index (χ3v) is 3.14. The Morgan fingerprint density at radius 3 is 2.89 bits per heavy atom. The fourth-order valence-electron chi connectivity index (χ4n) is 1.90. The van der Waals surface area contributed by atoms with Crippen molar-refractivity contribution in [2.45, 2.75) is 19.9 Å². The average Bonchev–Trinajstić information content (AvgIpc) is 2.37. The fraction of sp³-hybridized carbons (Fsp3) is 0.308. The summed E-state index contributed by atoms with van der Waals surface area (Å²) in [5.41, 5.74) is 0.651. The molecule has 0 aliphatic carbocycles. The molecule has 1 heterocycles. The van der Waals surface area contributed by atoms with E-state index in [2.05, 4.69) is 10.3 Å². The summed E-state index contributed by atoms with van der Waals surface area (Å²) in [6, 6.07) is 7.28. The molecule has 6 heteroatoms. The van der Waals surface area contributed by atoms with Crippen LogP contribution in [0.15, 0.2) is 29.1 Å². The Morgan fingerprint density at radius 1 is 1.42 bits per heavy atom. The summed E-state index contributed by atoms with van der Waals surface area (Å²) in [7, 11) is 0. The molecule has 0 saturated carbocycles. The number of H-pyrrole nitrogens is 1. The van der Waals surface area contributed by atoms with Crippen LogP contribution in [0.2, 0.25) is 0 Å². The third-order valence-electron chi connectivity index (χ3n) is 2.82. The molecule has 100 valence electrons. The Balaban J connectivity index is 2.26. The quantitative estimate of drug-likeness (QED) is 0.658. The molecule has 0 bridgehead atoms. The molecule has 5 nitrogen and oxygen atoms in total. The van der Waals surface area contributed by atoms with E-state index in [4.69, 9.17) is 12.2 Å². The van der Waals surface area contributed by atoms with E-state index in [0.717, 1.165) is 5.52 Å². The summed E-state index contributed by atoms with van der Waals surface area (Å²) in [6.45, 7) is 2.48. The molecule has 0 radical (unpaired) electrons. The SMILES string of the molecule is CC(=O)NCCCn1c(=S)[nH]c2ccccc2c1=O. The van der Waals surface area contributed by atoms with Gasteiger partial charge in [-0.3, -0.25) is 14.2 Å². The molecule has 0 spiro atoms. The number of hydrogen-bond acceptors (Lipinski definition) is 3. The van der Waals surface area contributed by atoms with Crippen LogP contribution < -0.4 is 10.9 Å². The largest absolute Gasteiger partial charge is 0.356 e. The van der Waals surface area contributed by atoms with Crippen molar-refractivity contribution in [2.75, 3.05) is 6.54 Å². The second kappa shape index (κ2) is 5.79. The molecule has 1 aromatic carbocycles. The van der Waals surface area contributed by atoms with Crippen molar-refractivity contribution < 1.29 is 4.79 Å². The Labute approximate surface area is 115 Å². The van der Waals surface area contributed by atoms with Crippen LogP contribution in [0.25, 0.3) is 10.9 Å².